The summed E-state index contributed by atoms with van der Waals surface area (Å²) in [6.45, 7) is 0. The van der Waals surface area contributed by atoms with Gasteiger partial charge in [0.05, 0.1) is 5.56 Å². The van der Waals surface area contributed by atoms with Crippen LogP contribution in [0.4, 0.5) is 22.0 Å². The van der Waals surface area contributed by atoms with Gasteiger partial charge in [0.15, 0.2) is 0 Å². The number of carboxylic acid groups (broad SMARTS) is 1. The van der Waals surface area contributed by atoms with Crippen LogP contribution >= 0.6 is 11.6 Å². The first-order valence-electron chi connectivity index (χ1n) is 3.92. The second-order valence-electron chi connectivity index (χ2n) is 2.91. The first-order valence-corrected chi connectivity index (χ1v) is 4.30. The van der Waals surface area contributed by atoms with Crippen LogP contribution in [0.3, 0.4) is 0 Å². The molecule has 0 unspecified atom stereocenters. The second-order valence-corrected chi connectivity index (χ2v) is 3.27. The Balaban J connectivity index is 3.27. The molecule has 0 aliphatic rings. The molecule has 0 aromatic carbocycles. The van der Waals surface area contributed by atoms with Gasteiger partial charge in [0.25, 0.3) is 0 Å². The maximum Gasteiger partial charge on any atom is 0.419 e. The molecule has 9 heteroatoms. The van der Waals surface area contributed by atoms with Crippen LogP contribution in [0.5, 0.6) is 0 Å². The summed E-state index contributed by atoms with van der Waals surface area (Å²) in [5, 5.41) is 6.93. The predicted molar refractivity (Wildman–Crippen MR) is 45.8 cm³/mol. The number of carboxylic acids is 1. The third kappa shape index (κ3) is 2.63. The molecule has 0 atom stereocenters. The average Bonchev–Trinajstić information content (AvgIpc) is 2.15. The highest BCUT2D eigenvalue weighted by Crippen LogP contribution is 2.36. The Morgan fingerprint density at radius 2 is 1.76 bits per heavy atom. The van der Waals surface area contributed by atoms with Crippen LogP contribution in [-0.2, 0) is 16.9 Å². The summed E-state index contributed by atoms with van der Waals surface area (Å²) in [4.78, 5) is 12.9. The Morgan fingerprint density at radius 3 is 2.12 bits per heavy atom. The van der Waals surface area contributed by atoms with Gasteiger partial charge in [-0.1, -0.05) is 11.6 Å². The van der Waals surface area contributed by atoms with Gasteiger partial charge in [-0.15, -0.1) is 0 Å². The molecule has 0 amide bonds. The van der Waals surface area contributed by atoms with Crippen molar-refractivity contribution in [2.45, 2.75) is 12.1 Å². The van der Waals surface area contributed by atoms with Crippen LogP contribution in [0, 0.1) is 0 Å². The maximum absolute atomic E-state index is 12.9. The minimum Gasteiger partial charge on any atom is -0.476 e. The van der Waals surface area contributed by atoms with Gasteiger partial charge in [-0.2, -0.15) is 22.0 Å². The molecule has 0 fully saturated rings. The maximum atomic E-state index is 12.9. The van der Waals surface area contributed by atoms with E-state index in [4.69, 9.17) is 16.7 Å². The highest BCUT2D eigenvalue weighted by Gasteiger charge is 2.44. The van der Waals surface area contributed by atoms with E-state index >= 15 is 0 Å². The van der Waals surface area contributed by atoms with Gasteiger partial charge < -0.3 is 5.11 Å². The Labute approximate surface area is 95.8 Å². The van der Waals surface area contributed by atoms with Crippen LogP contribution < -0.4 is 0 Å². The Kier molecular flexibility index (Phi) is 3.28. The number of nitrogens with zero attached hydrogens (tertiary/aromatic N) is 1. The second kappa shape index (κ2) is 4.10. The zero-order valence-electron chi connectivity index (χ0n) is 7.73. The Morgan fingerprint density at radius 1 is 1.24 bits per heavy atom. The van der Waals surface area contributed by atoms with Crippen molar-refractivity contribution in [3.8, 4) is 0 Å². The van der Waals surface area contributed by atoms with Crippen LogP contribution in [0.25, 0.3) is 0 Å². The van der Waals surface area contributed by atoms with E-state index in [0.29, 0.717) is 0 Å². The van der Waals surface area contributed by atoms with Crippen LogP contribution in [0.2, 0.25) is 5.15 Å². The summed E-state index contributed by atoms with van der Waals surface area (Å²) in [5.74, 6) is -6.92. The number of aromatic nitrogens is 1. The lowest BCUT2D eigenvalue weighted by Gasteiger charge is -2.13. The lowest BCUT2D eigenvalue weighted by molar-refractivity contribution is -0.166. The van der Waals surface area contributed by atoms with Gasteiger partial charge in [0.1, 0.15) is 10.8 Å². The standard InChI is InChI=1S/C8H3ClF5NO2/c9-5-3(8(12,13)14)1-2-4(15-5)7(10,11)6(16)17/h1-2H,(H,16,17). The van der Waals surface area contributed by atoms with Gasteiger partial charge in [0, 0.05) is 0 Å². The monoisotopic (exact) mass is 275 g/mol. The lowest BCUT2D eigenvalue weighted by Crippen LogP contribution is -2.27. The molecule has 1 N–H and O–H groups in total. The van der Waals surface area contributed by atoms with Crippen LogP contribution in [0.1, 0.15) is 11.3 Å². The van der Waals surface area contributed by atoms with Gasteiger partial charge in [-0.25, -0.2) is 9.78 Å². The molecule has 1 rings (SSSR count). The molecule has 0 radical (unpaired) electrons. The van der Waals surface area contributed by atoms with Gasteiger partial charge in [-0.05, 0) is 12.1 Å². The van der Waals surface area contributed by atoms with Crippen molar-refractivity contribution in [1.82, 2.24) is 4.98 Å². The van der Waals surface area contributed by atoms with Crippen molar-refractivity contribution in [3.05, 3.63) is 28.5 Å². The molecule has 3 nitrogen and oxygen atoms in total. The zero-order valence-corrected chi connectivity index (χ0v) is 8.48. The fourth-order valence-electron chi connectivity index (χ4n) is 0.930. The van der Waals surface area contributed by atoms with E-state index in [1.54, 1.807) is 0 Å². The van der Waals surface area contributed by atoms with Crippen molar-refractivity contribution >= 4 is 17.6 Å². The van der Waals surface area contributed by atoms with E-state index in [1.807, 2.05) is 0 Å². The molecule has 1 heterocycles. The third-order valence-electron chi connectivity index (χ3n) is 1.74. The molecule has 0 saturated heterocycles. The first kappa shape index (κ1) is 13.6. The number of rotatable bonds is 2. The molecule has 94 valence electrons. The quantitative estimate of drug-likeness (QED) is 0.667. The fourth-order valence-corrected chi connectivity index (χ4v) is 1.19. The topological polar surface area (TPSA) is 50.2 Å². The fraction of sp³-hybridized carbons (Fsp3) is 0.250. The summed E-state index contributed by atoms with van der Waals surface area (Å²) in [5.41, 5.74) is -2.77. The first-order chi connectivity index (χ1) is 7.56. The largest absolute Gasteiger partial charge is 0.476 e. The number of alkyl halides is 5. The van der Waals surface area contributed by atoms with Crippen molar-refractivity contribution < 1.29 is 31.9 Å². The van der Waals surface area contributed by atoms with Gasteiger partial charge in [0.2, 0.25) is 0 Å². The lowest BCUT2D eigenvalue weighted by atomic mass is 10.2. The SMILES string of the molecule is O=C(O)C(F)(F)c1ccc(C(F)(F)F)c(Cl)n1. The molecule has 1 aromatic heterocycles. The van der Waals surface area contributed by atoms with E-state index in [9.17, 15) is 26.7 Å². The van der Waals surface area contributed by atoms with E-state index < -0.39 is 34.5 Å². The molecule has 0 bridgehead atoms. The molecular formula is C8H3ClF5NO2. The van der Waals surface area contributed by atoms with Gasteiger partial charge in [-0.3, -0.25) is 0 Å². The van der Waals surface area contributed by atoms with Crippen LogP contribution in [-0.4, -0.2) is 16.1 Å². The van der Waals surface area contributed by atoms with Crippen molar-refractivity contribution in [1.29, 1.82) is 0 Å². The van der Waals surface area contributed by atoms with E-state index in [-0.39, 0.29) is 12.1 Å². The number of carbonyl (C=O) groups is 1. The summed E-state index contributed by atoms with van der Waals surface area (Å²) in [7, 11) is 0. The van der Waals surface area contributed by atoms with Gasteiger partial charge >= 0.3 is 18.1 Å². The molecular weight excluding hydrogens is 273 g/mol. The highest BCUT2D eigenvalue weighted by atomic mass is 35.5. The normalized spacial score (nSPS) is 12.6. The summed E-state index contributed by atoms with van der Waals surface area (Å²) in [6.07, 6.45) is -4.85. The van der Waals surface area contributed by atoms with E-state index in [1.165, 1.54) is 0 Å². The van der Waals surface area contributed by atoms with Crippen molar-refractivity contribution in [2.24, 2.45) is 0 Å². The number of pyridine rings is 1. The third-order valence-corrected chi connectivity index (χ3v) is 2.03. The predicted octanol–water partition coefficient (Wildman–Crippen LogP) is 2.93. The van der Waals surface area contributed by atoms with E-state index in [2.05, 4.69) is 4.98 Å². The zero-order chi connectivity index (χ0) is 13.4. The Bertz CT molecular complexity index is 460. The molecule has 0 aliphatic heterocycles. The molecule has 17 heavy (non-hydrogen) atoms. The summed E-state index contributed by atoms with van der Waals surface area (Å²) < 4.78 is 62.4. The minimum absolute atomic E-state index is 0.252. The average molecular weight is 276 g/mol. The highest BCUT2D eigenvalue weighted by molar-refractivity contribution is 6.30. The summed E-state index contributed by atoms with van der Waals surface area (Å²) in [6, 6.07) is 0.518. The van der Waals surface area contributed by atoms with Crippen LogP contribution in [0.15, 0.2) is 12.1 Å². The smallest absolute Gasteiger partial charge is 0.419 e. The number of hydrogen-bond acceptors (Lipinski definition) is 2. The summed E-state index contributed by atoms with van der Waals surface area (Å²) >= 11 is 5.07. The Hall–Kier alpha value is -1.44. The number of hydrogen-bond donors (Lipinski definition) is 1. The van der Waals surface area contributed by atoms with E-state index in [0.717, 1.165) is 0 Å². The molecule has 0 aliphatic carbocycles. The van der Waals surface area contributed by atoms with Crippen molar-refractivity contribution in [3.63, 3.8) is 0 Å². The molecule has 1 aromatic rings. The number of halogens is 6. The number of aliphatic carboxylic acids is 1. The molecule has 0 saturated carbocycles. The van der Waals surface area contributed by atoms with Crippen molar-refractivity contribution in [2.75, 3.05) is 0 Å². The molecule has 0 spiro atoms. The minimum atomic E-state index is -4.85.